The van der Waals surface area contributed by atoms with Crippen molar-refractivity contribution in [2.75, 3.05) is 12.4 Å². The number of rotatable bonds is 7. The zero-order valence-corrected chi connectivity index (χ0v) is 25.4. The molecule has 0 aliphatic heterocycles. The van der Waals surface area contributed by atoms with Gasteiger partial charge in [0.1, 0.15) is 10.6 Å². The fourth-order valence-corrected chi connectivity index (χ4v) is 5.35. The summed E-state index contributed by atoms with van der Waals surface area (Å²) in [5.74, 6) is -0.968. The topological polar surface area (TPSA) is 140 Å². The summed E-state index contributed by atoms with van der Waals surface area (Å²) in [4.78, 5) is 12.7. The number of hydrogen-bond acceptors (Lipinski definition) is 7. The number of amides is 1. The van der Waals surface area contributed by atoms with Crippen molar-refractivity contribution in [2.24, 2.45) is 10.2 Å². The average molecular weight is 596 g/mol. The van der Waals surface area contributed by atoms with Crippen LogP contribution in [0.1, 0.15) is 22.8 Å². The van der Waals surface area contributed by atoms with Gasteiger partial charge in [-0.1, -0.05) is 60.1 Å². The van der Waals surface area contributed by atoms with E-state index in [0.29, 0.717) is 22.2 Å². The van der Waals surface area contributed by atoms with Crippen molar-refractivity contribution >= 4 is 67.1 Å². The molecule has 0 fully saturated rings. The summed E-state index contributed by atoms with van der Waals surface area (Å²) in [5.41, 5.74) is 0.235. The smallest absolute Gasteiger partial charge is 0.870 e. The minimum atomic E-state index is -4.59. The van der Waals surface area contributed by atoms with E-state index in [1.165, 1.54) is 25.3 Å². The minimum Gasteiger partial charge on any atom is -0.870 e. The number of azo groups is 1. The Balaban J connectivity index is 0.00000420. The summed E-state index contributed by atoms with van der Waals surface area (Å²) >= 11 is 12.3. The van der Waals surface area contributed by atoms with Crippen LogP contribution in [0.15, 0.2) is 75.8 Å². The molecular weight excluding hydrogens is 576 g/mol. The molecule has 0 aliphatic rings. The predicted molar refractivity (Wildman–Crippen MR) is 144 cm³/mol. The van der Waals surface area contributed by atoms with E-state index < -0.39 is 26.7 Å². The molecule has 0 heterocycles. The Morgan fingerprint density at radius 2 is 1.77 bits per heavy atom. The molecule has 39 heavy (non-hydrogen) atoms. The first-order valence-corrected chi connectivity index (χ1v) is 13.3. The van der Waals surface area contributed by atoms with Gasteiger partial charge in [-0.05, 0) is 53.8 Å². The third-order valence-electron chi connectivity index (χ3n) is 5.67. The van der Waals surface area contributed by atoms with Crippen molar-refractivity contribution in [3.8, 4) is 11.5 Å². The molecule has 0 spiro atoms. The molecule has 1 amide bonds. The van der Waals surface area contributed by atoms with Crippen LogP contribution in [0.4, 0.5) is 17.1 Å². The molecular formula is C26H20Cl2N3NaO6S. The standard InChI is InChI=1S/C26H21Cl2N3O6S.Na/c1-3-17-20(27)12-16(13-23(17)38(34,35)36)30-31-24-18-7-5-4-6-14(18)10-19(25(24)32)26(33)29-15-8-9-22(37-2)21(28)11-15;/h4-13,32H,3H2,1-2H3,(H,29,33)(H,34,35,36);/q;+1/p-1. The first-order valence-electron chi connectivity index (χ1n) is 11.1. The van der Waals surface area contributed by atoms with Crippen molar-refractivity contribution in [2.45, 2.75) is 18.2 Å². The van der Waals surface area contributed by atoms with E-state index in [0.717, 1.165) is 6.07 Å². The van der Waals surface area contributed by atoms with Crippen molar-refractivity contribution in [1.82, 2.24) is 0 Å². The third kappa shape index (κ3) is 6.72. The Labute approximate surface area is 256 Å². The van der Waals surface area contributed by atoms with Crippen LogP contribution in [-0.2, 0) is 16.5 Å². The van der Waals surface area contributed by atoms with Gasteiger partial charge in [0.15, 0.2) is 0 Å². The molecule has 0 aliphatic carbocycles. The molecule has 13 heteroatoms. The SMILES string of the molecule is CCc1c(Cl)cc(N=Nc2c([O-])c(C(=O)Nc3ccc(OC)c(Cl)c3)cc3ccccc23)cc1S(=O)(=O)O.[Na+]. The fraction of sp³-hybridized carbons (Fsp3) is 0.115. The van der Waals surface area contributed by atoms with Crippen LogP contribution in [0.2, 0.25) is 10.0 Å². The molecule has 0 saturated carbocycles. The van der Waals surface area contributed by atoms with Crippen LogP contribution in [0.25, 0.3) is 10.8 Å². The zero-order valence-electron chi connectivity index (χ0n) is 21.0. The summed E-state index contributed by atoms with van der Waals surface area (Å²) in [5, 5.41) is 25.4. The molecule has 0 bridgehead atoms. The van der Waals surface area contributed by atoms with Crippen LogP contribution in [0.3, 0.4) is 0 Å². The van der Waals surface area contributed by atoms with E-state index in [1.807, 2.05) is 0 Å². The molecule has 0 radical (unpaired) electrons. The van der Waals surface area contributed by atoms with Gasteiger partial charge in [-0.15, -0.1) is 0 Å². The number of ether oxygens (including phenoxy) is 1. The van der Waals surface area contributed by atoms with E-state index in [1.54, 1.807) is 43.3 Å². The monoisotopic (exact) mass is 595 g/mol. The second-order valence-corrected chi connectivity index (χ2v) is 10.3. The molecule has 4 aromatic rings. The number of carbonyl (C=O) groups excluding carboxylic acids is 1. The molecule has 0 unspecified atom stereocenters. The van der Waals surface area contributed by atoms with Crippen molar-refractivity contribution in [3.05, 3.63) is 81.8 Å². The molecule has 2 N–H and O–H groups in total. The number of carbonyl (C=O) groups is 1. The van der Waals surface area contributed by atoms with Crippen molar-refractivity contribution in [3.63, 3.8) is 0 Å². The fourth-order valence-electron chi connectivity index (χ4n) is 3.86. The largest absolute Gasteiger partial charge is 1.00 e. The average Bonchev–Trinajstić information content (AvgIpc) is 2.87. The normalized spacial score (nSPS) is 11.4. The maximum Gasteiger partial charge on any atom is 1.00 e. The number of anilines is 1. The Kier molecular flexibility index (Phi) is 10.0. The molecule has 0 saturated heterocycles. The van der Waals surface area contributed by atoms with E-state index >= 15 is 0 Å². The van der Waals surface area contributed by atoms with Gasteiger partial charge in [-0.2, -0.15) is 18.6 Å². The maximum atomic E-state index is 13.4. The quantitative estimate of drug-likeness (QED) is 0.189. The second-order valence-electron chi connectivity index (χ2n) is 8.06. The van der Waals surface area contributed by atoms with Gasteiger partial charge >= 0.3 is 29.6 Å². The van der Waals surface area contributed by atoms with E-state index in [-0.39, 0.29) is 68.5 Å². The van der Waals surface area contributed by atoms with Gasteiger partial charge in [0.05, 0.1) is 23.5 Å². The number of nitrogens with zero attached hydrogens (tertiary/aromatic N) is 2. The Bertz CT molecular complexity index is 1710. The number of benzene rings is 4. The van der Waals surface area contributed by atoms with Crippen LogP contribution in [-0.4, -0.2) is 26.0 Å². The van der Waals surface area contributed by atoms with E-state index in [2.05, 4.69) is 15.5 Å². The Morgan fingerprint density at radius 3 is 2.41 bits per heavy atom. The van der Waals surface area contributed by atoms with Gasteiger partial charge < -0.3 is 15.2 Å². The summed E-state index contributed by atoms with van der Waals surface area (Å²) in [7, 11) is -3.13. The molecule has 196 valence electrons. The van der Waals surface area contributed by atoms with Gasteiger partial charge in [-0.3, -0.25) is 9.35 Å². The van der Waals surface area contributed by atoms with Gasteiger partial charge in [0.2, 0.25) is 0 Å². The first-order chi connectivity index (χ1) is 18.0. The summed E-state index contributed by atoms with van der Waals surface area (Å²) in [6, 6.07) is 15.3. The number of hydrogen-bond donors (Lipinski definition) is 2. The number of nitrogens with one attached hydrogen (secondary N) is 1. The Morgan fingerprint density at radius 1 is 1.05 bits per heavy atom. The van der Waals surface area contributed by atoms with Gasteiger partial charge in [0, 0.05) is 21.7 Å². The zero-order chi connectivity index (χ0) is 27.6. The Hall–Kier alpha value is -2.70. The van der Waals surface area contributed by atoms with E-state index in [4.69, 9.17) is 27.9 Å². The van der Waals surface area contributed by atoms with Crippen LogP contribution in [0.5, 0.6) is 11.5 Å². The maximum absolute atomic E-state index is 13.4. The molecule has 9 nitrogen and oxygen atoms in total. The van der Waals surface area contributed by atoms with Gasteiger partial charge in [0.25, 0.3) is 16.0 Å². The van der Waals surface area contributed by atoms with Gasteiger partial charge in [-0.25, -0.2) is 0 Å². The third-order valence-corrected chi connectivity index (χ3v) is 7.22. The van der Waals surface area contributed by atoms with Crippen molar-refractivity contribution in [1.29, 1.82) is 0 Å². The number of fused-ring (bicyclic) bond motifs is 1. The first kappa shape index (κ1) is 30.8. The summed E-state index contributed by atoms with van der Waals surface area (Å²) in [6.07, 6.45) is 0.247. The summed E-state index contributed by atoms with van der Waals surface area (Å²) < 4.78 is 38.4. The molecule has 4 rings (SSSR count). The summed E-state index contributed by atoms with van der Waals surface area (Å²) in [6.45, 7) is 1.68. The number of methoxy groups -OCH3 is 1. The van der Waals surface area contributed by atoms with Crippen LogP contribution in [0, 0.1) is 0 Å². The van der Waals surface area contributed by atoms with Crippen LogP contribution < -0.4 is 44.7 Å². The van der Waals surface area contributed by atoms with E-state index in [9.17, 15) is 22.9 Å². The van der Waals surface area contributed by atoms with Crippen LogP contribution >= 0.6 is 23.2 Å². The minimum absolute atomic E-state index is 0. The predicted octanol–water partition coefficient (Wildman–Crippen LogP) is 3.71. The molecule has 0 aromatic heterocycles. The molecule has 0 atom stereocenters. The second kappa shape index (κ2) is 12.6. The number of halogens is 2. The van der Waals surface area contributed by atoms with Crippen molar-refractivity contribution < 1.29 is 57.2 Å². The molecule has 4 aromatic carbocycles.